The first-order valence-electron chi connectivity index (χ1n) is 9.34. The summed E-state index contributed by atoms with van der Waals surface area (Å²) in [7, 11) is 1.48. The van der Waals surface area contributed by atoms with Crippen molar-refractivity contribution >= 4 is 33.7 Å². The molecule has 0 aliphatic rings. The highest BCUT2D eigenvalue weighted by molar-refractivity contribution is 5.92. The van der Waals surface area contributed by atoms with Gasteiger partial charge < -0.3 is 19.8 Å². The second-order valence-electron chi connectivity index (χ2n) is 6.98. The molecule has 0 spiro atoms. The molecule has 0 aliphatic heterocycles. The molecule has 31 heavy (non-hydrogen) atoms. The molecule has 1 amide bonds. The van der Waals surface area contributed by atoms with Crippen molar-refractivity contribution in [3.8, 4) is 29.0 Å². The van der Waals surface area contributed by atoms with E-state index in [-0.39, 0.29) is 23.3 Å². The van der Waals surface area contributed by atoms with Crippen molar-refractivity contribution in [3.05, 3.63) is 52.8 Å². The summed E-state index contributed by atoms with van der Waals surface area (Å²) in [5.74, 6) is -0.225. The van der Waals surface area contributed by atoms with Gasteiger partial charge in [-0.2, -0.15) is 0 Å². The number of amides is 1. The highest BCUT2D eigenvalue weighted by atomic mass is 16.4. The topological polar surface area (TPSA) is 139 Å². The van der Waals surface area contributed by atoms with Crippen LogP contribution in [0.25, 0.3) is 45.4 Å². The van der Waals surface area contributed by atoms with Crippen LogP contribution >= 0.6 is 0 Å². The van der Waals surface area contributed by atoms with Crippen molar-refractivity contribution in [2.75, 3.05) is 5.32 Å². The van der Waals surface area contributed by atoms with Crippen molar-refractivity contribution in [2.24, 2.45) is 7.05 Å². The normalized spacial score (nSPS) is 11.3. The predicted octanol–water partition coefficient (Wildman–Crippen LogP) is 2.80. The molecule has 0 saturated carbocycles. The Hall–Kier alpha value is -4.47. The Morgan fingerprint density at radius 2 is 1.94 bits per heavy atom. The summed E-state index contributed by atoms with van der Waals surface area (Å²) in [5.41, 5.74) is 2.22. The average Bonchev–Trinajstić information content (AvgIpc) is 3.35. The first kappa shape index (κ1) is 18.6. The number of aromatic amines is 1. The molecule has 10 nitrogen and oxygen atoms in total. The maximum absolute atomic E-state index is 12.7. The zero-order chi connectivity index (χ0) is 21.7. The van der Waals surface area contributed by atoms with Gasteiger partial charge in [0.2, 0.25) is 17.5 Å². The number of aromatic nitrogens is 5. The number of benzene rings is 2. The van der Waals surface area contributed by atoms with Crippen LogP contribution in [0.4, 0.5) is 5.69 Å². The fourth-order valence-electron chi connectivity index (χ4n) is 3.32. The molecule has 0 unspecified atom stereocenters. The maximum atomic E-state index is 12.7. The van der Waals surface area contributed by atoms with Crippen molar-refractivity contribution in [1.29, 1.82) is 0 Å². The first-order valence-corrected chi connectivity index (χ1v) is 9.34. The number of anilines is 1. The molecular weight excluding hydrogens is 400 g/mol. The van der Waals surface area contributed by atoms with Crippen LogP contribution in [0.3, 0.4) is 0 Å². The average molecular weight is 416 g/mol. The van der Waals surface area contributed by atoms with Crippen LogP contribution in [0.5, 0.6) is 5.75 Å². The van der Waals surface area contributed by atoms with Gasteiger partial charge in [0.05, 0.1) is 11.0 Å². The molecule has 0 radical (unpaired) electrons. The highest BCUT2D eigenvalue weighted by Crippen LogP contribution is 2.29. The van der Waals surface area contributed by atoms with Crippen LogP contribution in [0.2, 0.25) is 0 Å². The number of rotatable bonds is 3. The quantitative estimate of drug-likeness (QED) is 0.411. The van der Waals surface area contributed by atoms with Crippen LogP contribution in [0.15, 0.2) is 51.7 Å². The van der Waals surface area contributed by atoms with E-state index in [0.29, 0.717) is 33.6 Å². The number of imidazole rings is 1. The van der Waals surface area contributed by atoms with Crippen molar-refractivity contribution in [1.82, 2.24) is 24.5 Å². The Morgan fingerprint density at radius 1 is 1.13 bits per heavy atom. The van der Waals surface area contributed by atoms with Crippen LogP contribution in [-0.2, 0) is 11.8 Å². The summed E-state index contributed by atoms with van der Waals surface area (Å²) in [6, 6.07) is 12.3. The number of hydrogen-bond acceptors (Lipinski definition) is 7. The molecule has 2 aromatic carbocycles. The van der Waals surface area contributed by atoms with Gasteiger partial charge in [-0.1, -0.05) is 12.1 Å². The van der Waals surface area contributed by atoms with E-state index in [1.807, 2.05) is 0 Å². The van der Waals surface area contributed by atoms with E-state index in [0.717, 1.165) is 0 Å². The van der Waals surface area contributed by atoms with E-state index >= 15 is 0 Å². The van der Waals surface area contributed by atoms with Gasteiger partial charge in [-0.25, -0.2) is 15.0 Å². The molecule has 0 fully saturated rings. The minimum atomic E-state index is -0.665. The molecule has 10 heteroatoms. The lowest BCUT2D eigenvalue weighted by Gasteiger charge is -2.07. The van der Waals surface area contributed by atoms with Crippen LogP contribution in [0.1, 0.15) is 6.92 Å². The summed E-state index contributed by atoms with van der Waals surface area (Å²) in [6.07, 6.45) is 0. The standard InChI is InChI=1S/C21H16N6O4/c1-10(28)22-11-7-8-12-14(9-11)24-18(23-12)19-26-16(17(29)21(30)27(19)2)20-25-13-5-3-4-6-15(13)31-20/h3-9,29H,1-2H3,(H,22,28)(H,23,24). The van der Waals surface area contributed by atoms with E-state index in [1.54, 1.807) is 42.5 Å². The lowest BCUT2D eigenvalue weighted by atomic mass is 10.3. The van der Waals surface area contributed by atoms with E-state index in [2.05, 4.69) is 25.3 Å². The summed E-state index contributed by atoms with van der Waals surface area (Å²) in [5, 5.41) is 13.1. The molecule has 3 aromatic heterocycles. The molecule has 3 heterocycles. The SMILES string of the molecule is CC(=O)Nc1ccc2nc(-c3nc(-c4nc5ccccc5o4)c(O)c(=O)n3C)[nH]c2c1. The number of nitrogens with one attached hydrogen (secondary N) is 2. The Labute approximate surface area is 174 Å². The smallest absolute Gasteiger partial charge is 0.296 e. The van der Waals surface area contributed by atoms with Gasteiger partial charge in [-0.3, -0.25) is 14.2 Å². The summed E-state index contributed by atoms with van der Waals surface area (Å²) >= 11 is 0. The maximum Gasteiger partial charge on any atom is 0.296 e. The van der Waals surface area contributed by atoms with E-state index in [9.17, 15) is 14.7 Å². The van der Waals surface area contributed by atoms with Crippen LogP contribution in [0, 0.1) is 0 Å². The lowest BCUT2D eigenvalue weighted by Crippen LogP contribution is -2.21. The third-order valence-corrected chi connectivity index (χ3v) is 4.78. The Morgan fingerprint density at radius 3 is 2.71 bits per heavy atom. The van der Waals surface area contributed by atoms with E-state index in [4.69, 9.17) is 4.42 Å². The second kappa shape index (κ2) is 6.80. The van der Waals surface area contributed by atoms with Gasteiger partial charge in [0, 0.05) is 19.7 Å². The zero-order valence-corrected chi connectivity index (χ0v) is 16.5. The molecular formula is C21H16N6O4. The number of carbonyl (C=O) groups is 1. The van der Waals surface area contributed by atoms with Gasteiger partial charge in [0.15, 0.2) is 22.9 Å². The largest absolute Gasteiger partial charge is 0.501 e. The molecule has 3 N–H and O–H groups in total. The van der Waals surface area contributed by atoms with Crippen LogP contribution < -0.4 is 10.9 Å². The predicted molar refractivity (Wildman–Crippen MR) is 114 cm³/mol. The monoisotopic (exact) mass is 416 g/mol. The number of carbonyl (C=O) groups excluding carboxylic acids is 1. The van der Waals surface area contributed by atoms with Crippen LogP contribution in [-0.4, -0.2) is 35.5 Å². The number of para-hydroxylation sites is 2. The summed E-state index contributed by atoms with van der Waals surface area (Å²) in [4.78, 5) is 40.3. The number of hydrogen-bond donors (Lipinski definition) is 3. The van der Waals surface area contributed by atoms with Crippen molar-refractivity contribution in [2.45, 2.75) is 6.92 Å². The number of fused-ring (bicyclic) bond motifs is 2. The minimum Gasteiger partial charge on any atom is -0.501 e. The molecule has 154 valence electrons. The third-order valence-electron chi connectivity index (χ3n) is 4.78. The Balaban J connectivity index is 1.67. The van der Waals surface area contributed by atoms with Gasteiger partial charge in [-0.15, -0.1) is 0 Å². The molecule has 0 aliphatic carbocycles. The fourth-order valence-corrected chi connectivity index (χ4v) is 3.32. The molecule has 0 bridgehead atoms. The van der Waals surface area contributed by atoms with Crippen molar-refractivity contribution in [3.63, 3.8) is 0 Å². The molecule has 0 saturated heterocycles. The first-order chi connectivity index (χ1) is 14.9. The Kier molecular flexibility index (Phi) is 4.07. The van der Waals surface area contributed by atoms with Gasteiger partial charge in [0.25, 0.3) is 5.56 Å². The number of aromatic hydroxyl groups is 1. The number of oxazole rings is 1. The van der Waals surface area contributed by atoms with E-state index < -0.39 is 11.3 Å². The molecule has 0 atom stereocenters. The van der Waals surface area contributed by atoms with Gasteiger partial charge in [-0.05, 0) is 30.3 Å². The number of nitrogens with zero attached hydrogens (tertiary/aromatic N) is 4. The van der Waals surface area contributed by atoms with Crippen molar-refractivity contribution < 1.29 is 14.3 Å². The lowest BCUT2D eigenvalue weighted by molar-refractivity contribution is -0.114. The fraction of sp³-hybridized carbons (Fsp3) is 0.0952. The zero-order valence-electron chi connectivity index (χ0n) is 16.5. The summed E-state index contributed by atoms with van der Waals surface area (Å²) < 4.78 is 6.87. The Bertz CT molecular complexity index is 1510. The van der Waals surface area contributed by atoms with E-state index in [1.165, 1.54) is 18.5 Å². The van der Waals surface area contributed by atoms with Gasteiger partial charge in [0.1, 0.15) is 5.52 Å². The van der Waals surface area contributed by atoms with Gasteiger partial charge >= 0.3 is 0 Å². The molecule has 5 aromatic rings. The number of H-pyrrole nitrogens is 1. The third kappa shape index (κ3) is 3.10. The second-order valence-corrected chi connectivity index (χ2v) is 6.98. The molecule has 5 rings (SSSR count). The highest BCUT2D eigenvalue weighted by Gasteiger charge is 2.22. The summed E-state index contributed by atoms with van der Waals surface area (Å²) in [6.45, 7) is 1.42. The minimum absolute atomic E-state index is 0.0294.